The van der Waals surface area contributed by atoms with Gasteiger partial charge in [-0.25, -0.2) is 0 Å². The van der Waals surface area contributed by atoms with E-state index in [1.54, 1.807) is 0 Å². The highest BCUT2D eigenvalue weighted by Crippen LogP contribution is 2.22. The van der Waals surface area contributed by atoms with Gasteiger partial charge in [0, 0.05) is 26.2 Å². The Hall–Kier alpha value is -0.120. The van der Waals surface area contributed by atoms with Crippen molar-refractivity contribution in [3.05, 3.63) is 0 Å². The van der Waals surface area contributed by atoms with E-state index in [0.29, 0.717) is 5.41 Å². The first kappa shape index (κ1) is 17.9. The van der Waals surface area contributed by atoms with E-state index in [9.17, 15) is 5.11 Å². The molecule has 1 N–H and O–H groups in total. The van der Waals surface area contributed by atoms with Crippen molar-refractivity contribution in [2.75, 3.05) is 39.3 Å². The first-order valence-corrected chi connectivity index (χ1v) is 8.53. The van der Waals surface area contributed by atoms with Gasteiger partial charge in [0.15, 0.2) is 0 Å². The van der Waals surface area contributed by atoms with Gasteiger partial charge in [-0.05, 0) is 44.2 Å². The van der Waals surface area contributed by atoms with Gasteiger partial charge >= 0.3 is 0 Å². The SMILES string of the molecule is CCN1CCN(CCC[C@@H](O)CCCC(C)(C)C)CC1. The Balaban J connectivity index is 2.00. The molecule has 3 heteroatoms. The first-order chi connectivity index (χ1) is 9.40. The second-order valence-corrected chi connectivity index (χ2v) is 7.52. The molecule has 3 nitrogen and oxygen atoms in total. The third-order valence-corrected chi connectivity index (χ3v) is 4.39. The Bertz CT molecular complexity index is 242. The number of rotatable bonds is 8. The molecule has 1 saturated heterocycles. The lowest BCUT2D eigenvalue weighted by atomic mass is 9.89. The zero-order valence-electron chi connectivity index (χ0n) is 14.2. The molecule has 1 atom stereocenters. The Morgan fingerprint density at radius 2 is 1.50 bits per heavy atom. The molecule has 0 aromatic rings. The predicted molar refractivity (Wildman–Crippen MR) is 87.1 cm³/mol. The lowest BCUT2D eigenvalue weighted by Gasteiger charge is -2.34. The number of hydrogen-bond donors (Lipinski definition) is 1. The molecule has 0 saturated carbocycles. The van der Waals surface area contributed by atoms with Gasteiger partial charge in [0.05, 0.1) is 6.10 Å². The summed E-state index contributed by atoms with van der Waals surface area (Å²) < 4.78 is 0. The van der Waals surface area contributed by atoms with Crippen LogP contribution >= 0.6 is 0 Å². The summed E-state index contributed by atoms with van der Waals surface area (Å²) in [5.74, 6) is 0. The van der Waals surface area contributed by atoms with E-state index in [1.165, 1.54) is 39.1 Å². The maximum Gasteiger partial charge on any atom is 0.0540 e. The van der Waals surface area contributed by atoms with Crippen molar-refractivity contribution in [3.8, 4) is 0 Å². The van der Waals surface area contributed by atoms with Gasteiger partial charge in [-0.2, -0.15) is 0 Å². The quantitative estimate of drug-likeness (QED) is 0.742. The van der Waals surface area contributed by atoms with E-state index >= 15 is 0 Å². The Morgan fingerprint density at radius 1 is 0.950 bits per heavy atom. The average Bonchev–Trinajstić information content (AvgIpc) is 2.38. The molecule has 1 aliphatic rings. The highest BCUT2D eigenvalue weighted by atomic mass is 16.3. The fraction of sp³-hybridized carbons (Fsp3) is 1.00. The van der Waals surface area contributed by atoms with Gasteiger partial charge in [0.25, 0.3) is 0 Å². The molecule has 0 aliphatic carbocycles. The van der Waals surface area contributed by atoms with Crippen LogP contribution in [0.15, 0.2) is 0 Å². The molecule has 0 unspecified atom stereocenters. The van der Waals surface area contributed by atoms with Crippen LogP contribution in [0.3, 0.4) is 0 Å². The molecule has 1 aliphatic heterocycles. The van der Waals surface area contributed by atoms with Crippen LogP contribution in [0.4, 0.5) is 0 Å². The molecule has 0 amide bonds. The summed E-state index contributed by atoms with van der Waals surface area (Å²) in [4.78, 5) is 5.06. The largest absolute Gasteiger partial charge is 0.393 e. The maximum absolute atomic E-state index is 10.0. The third kappa shape index (κ3) is 8.23. The standard InChI is InChI=1S/C17H36N2O/c1-5-18-12-14-19(15-13-18)11-7-9-16(20)8-6-10-17(2,3)4/h16,20H,5-15H2,1-4H3/t16-/m0/s1. The highest BCUT2D eigenvalue weighted by Gasteiger charge is 2.15. The van der Waals surface area contributed by atoms with Crippen LogP contribution in [-0.2, 0) is 0 Å². The minimum atomic E-state index is -0.0886. The van der Waals surface area contributed by atoms with Crippen molar-refractivity contribution in [2.45, 2.75) is 65.9 Å². The number of aliphatic hydroxyl groups is 1. The van der Waals surface area contributed by atoms with E-state index in [1.807, 2.05) is 0 Å². The minimum absolute atomic E-state index is 0.0886. The highest BCUT2D eigenvalue weighted by molar-refractivity contribution is 4.71. The van der Waals surface area contributed by atoms with E-state index in [-0.39, 0.29) is 6.10 Å². The molecule has 0 radical (unpaired) electrons. The van der Waals surface area contributed by atoms with Crippen LogP contribution < -0.4 is 0 Å². The summed E-state index contributed by atoms with van der Waals surface area (Å²) in [6.07, 6.45) is 5.36. The fourth-order valence-corrected chi connectivity index (χ4v) is 2.89. The van der Waals surface area contributed by atoms with Crippen LogP contribution in [0.2, 0.25) is 0 Å². The summed E-state index contributed by atoms with van der Waals surface area (Å²) >= 11 is 0. The summed E-state index contributed by atoms with van der Waals surface area (Å²) in [7, 11) is 0. The zero-order chi connectivity index (χ0) is 15.0. The molecule has 120 valence electrons. The zero-order valence-corrected chi connectivity index (χ0v) is 14.2. The summed E-state index contributed by atoms with van der Waals surface area (Å²) in [6.45, 7) is 16.2. The van der Waals surface area contributed by atoms with Crippen molar-refractivity contribution in [3.63, 3.8) is 0 Å². The third-order valence-electron chi connectivity index (χ3n) is 4.39. The van der Waals surface area contributed by atoms with Crippen molar-refractivity contribution in [1.82, 2.24) is 9.80 Å². The summed E-state index contributed by atoms with van der Waals surface area (Å²) in [5.41, 5.74) is 0.401. The van der Waals surface area contributed by atoms with Crippen LogP contribution in [-0.4, -0.2) is 60.3 Å². The Morgan fingerprint density at radius 3 is 2.05 bits per heavy atom. The van der Waals surface area contributed by atoms with Crippen molar-refractivity contribution >= 4 is 0 Å². The molecule has 1 heterocycles. The Kier molecular flexibility index (Phi) is 8.08. The van der Waals surface area contributed by atoms with Gasteiger partial charge in [0.1, 0.15) is 0 Å². The van der Waals surface area contributed by atoms with Gasteiger partial charge in [0.2, 0.25) is 0 Å². The number of piperazine rings is 1. The lowest BCUT2D eigenvalue weighted by molar-refractivity contribution is 0.115. The number of aliphatic hydroxyl groups excluding tert-OH is 1. The molecule has 0 bridgehead atoms. The molecule has 0 aromatic heterocycles. The van der Waals surface area contributed by atoms with Gasteiger partial charge in [-0.15, -0.1) is 0 Å². The lowest BCUT2D eigenvalue weighted by Crippen LogP contribution is -2.46. The number of hydrogen-bond acceptors (Lipinski definition) is 3. The van der Waals surface area contributed by atoms with Crippen LogP contribution in [0.1, 0.15) is 59.8 Å². The molecule has 1 rings (SSSR count). The van der Waals surface area contributed by atoms with E-state index in [4.69, 9.17) is 0 Å². The smallest absolute Gasteiger partial charge is 0.0540 e. The fourth-order valence-electron chi connectivity index (χ4n) is 2.89. The summed E-state index contributed by atoms with van der Waals surface area (Å²) in [5, 5.41) is 10.0. The topological polar surface area (TPSA) is 26.7 Å². The van der Waals surface area contributed by atoms with Gasteiger partial charge in [-0.3, -0.25) is 0 Å². The summed E-state index contributed by atoms with van der Waals surface area (Å²) in [6, 6.07) is 0. The molecule has 0 aromatic carbocycles. The average molecular weight is 284 g/mol. The first-order valence-electron chi connectivity index (χ1n) is 8.53. The second-order valence-electron chi connectivity index (χ2n) is 7.52. The van der Waals surface area contributed by atoms with Crippen LogP contribution in [0.25, 0.3) is 0 Å². The van der Waals surface area contributed by atoms with Crippen LogP contribution in [0, 0.1) is 5.41 Å². The van der Waals surface area contributed by atoms with Gasteiger partial charge < -0.3 is 14.9 Å². The molecular weight excluding hydrogens is 248 g/mol. The molecule has 0 spiro atoms. The van der Waals surface area contributed by atoms with Crippen molar-refractivity contribution < 1.29 is 5.11 Å². The Labute approximate surface area is 126 Å². The molecule has 20 heavy (non-hydrogen) atoms. The minimum Gasteiger partial charge on any atom is -0.393 e. The normalized spacial score (nSPS) is 20.2. The van der Waals surface area contributed by atoms with Crippen molar-refractivity contribution in [2.24, 2.45) is 5.41 Å². The predicted octanol–water partition coefficient (Wildman–Crippen LogP) is 2.98. The van der Waals surface area contributed by atoms with Crippen molar-refractivity contribution in [1.29, 1.82) is 0 Å². The monoisotopic (exact) mass is 284 g/mol. The molecular formula is C17H36N2O. The van der Waals surface area contributed by atoms with Crippen LogP contribution in [0.5, 0.6) is 0 Å². The second kappa shape index (κ2) is 9.01. The molecule has 1 fully saturated rings. The van der Waals surface area contributed by atoms with E-state index in [2.05, 4.69) is 37.5 Å². The number of likely N-dealkylation sites (N-methyl/N-ethyl adjacent to an activating group) is 1. The van der Waals surface area contributed by atoms with E-state index < -0.39 is 0 Å². The maximum atomic E-state index is 10.0. The van der Waals surface area contributed by atoms with E-state index in [0.717, 1.165) is 32.2 Å². The number of nitrogens with zero attached hydrogens (tertiary/aromatic N) is 2. The van der Waals surface area contributed by atoms with Gasteiger partial charge in [-0.1, -0.05) is 34.1 Å².